The molecule has 1 amide bonds. The van der Waals surface area contributed by atoms with Crippen molar-refractivity contribution >= 4 is 33.6 Å². The number of nitriles is 1. The van der Waals surface area contributed by atoms with E-state index >= 15 is 0 Å². The van der Waals surface area contributed by atoms with E-state index in [0.717, 1.165) is 11.3 Å². The van der Waals surface area contributed by atoms with Crippen LogP contribution >= 0.6 is 11.3 Å². The lowest BCUT2D eigenvalue weighted by molar-refractivity contribution is -0.384. The number of hydrogen-bond donors (Lipinski definition) is 2. The van der Waals surface area contributed by atoms with Gasteiger partial charge in [-0.1, -0.05) is 0 Å². The minimum Gasteiger partial charge on any atom is -0.389 e. The Bertz CT molecular complexity index is 759. The van der Waals surface area contributed by atoms with E-state index in [1.165, 1.54) is 24.3 Å². The van der Waals surface area contributed by atoms with Crippen LogP contribution in [-0.4, -0.2) is 10.8 Å². The van der Waals surface area contributed by atoms with Gasteiger partial charge in [0.2, 0.25) is 0 Å². The lowest BCUT2D eigenvalue weighted by atomic mass is 10.1. The van der Waals surface area contributed by atoms with Crippen molar-refractivity contribution in [3.8, 4) is 6.07 Å². The average molecular weight is 302 g/mol. The molecule has 0 spiro atoms. The molecule has 0 aliphatic carbocycles. The number of rotatable bonds is 3. The van der Waals surface area contributed by atoms with Crippen molar-refractivity contribution in [3.63, 3.8) is 0 Å². The van der Waals surface area contributed by atoms with Crippen molar-refractivity contribution in [2.75, 3.05) is 11.1 Å². The molecule has 2 rings (SSSR count). The molecule has 106 valence electrons. The number of hydrogen-bond acceptors (Lipinski definition) is 6. The maximum atomic E-state index is 12.1. The van der Waals surface area contributed by atoms with Crippen LogP contribution in [0.3, 0.4) is 0 Å². The Morgan fingerprint density at radius 3 is 2.52 bits per heavy atom. The number of nitrogen functional groups attached to an aromatic ring is 1. The molecule has 0 unspecified atom stereocenters. The van der Waals surface area contributed by atoms with E-state index in [1.807, 2.05) is 6.07 Å². The number of nitro benzene ring substituents is 1. The highest BCUT2D eigenvalue weighted by Gasteiger charge is 2.18. The van der Waals surface area contributed by atoms with Crippen molar-refractivity contribution in [1.29, 1.82) is 5.26 Å². The van der Waals surface area contributed by atoms with Gasteiger partial charge in [-0.2, -0.15) is 5.26 Å². The number of benzene rings is 1. The topological polar surface area (TPSA) is 122 Å². The Kier molecular flexibility index (Phi) is 3.86. The molecule has 1 heterocycles. The molecule has 0 bridgehead atoms. The monoisotopic (exact) mass is 302 g/mol. The van der Waals surface area contributed by atoms with Crippen LogP contribution in [-0.2, 0) is 0 Å². The van der Waals surface area contributed by atoms with Gasteiger partial charge in [0.15, 0.2) is 0 Å². The lowest BCUT2D eigenvalue weighted by Gasteiger charge is -2.04. The molecular weight excluding hydrogens is 292 g/mol. The predicted molar refractivity (Wildman–Crippen MR) is 79.2 cm³/mol. The fraction of sp³-hybridized carbons (Fsp3) is 0.0769. The zero-order valence-corrected chi connectivity index (χ0v) is 11.7. The maximum absolute atomic E-state index is 12.1. The first kappa shape index (κ1) is 14.5. The molecular formula is C13H10N4O3S. The summed E-state index contributed by atoms with van der Waals surface area (Å²) in [6, 6.07) is 7.42. The summed E-state index contributed by atoms with van der Waals surface area (Å²) in [6.45, 7) is 1.65. The van der Waals surface area contributed by atoms with Gasteiger partial charge in [-0.25, -0.2) is 0 Å². The van der Waals surface area contributed by atoms with E-state index in [0.29, 0.717) is 26.7 Å². The summed E-state index contributed by atoms with van der Waals surface area (Å²) in [6.07, 6.45) is 0. The summed E-state index contributed by atoms with van der Waals surface area (Å²) < 4.78 is 0. The van der Waals surface area contributed by atoms with Gasteiger partial charge in [0, 0.05) is 17.8 Å². The highest BCUT2D eigenvalue weighted by atomic mass is 32.1. The third kappa shape index (κ3) is 2.82. The van der Waals surface area contributed by atoms with Crippen LogP contribution in [0.15, 0.2) is 24.3 Å². The molecule has 0 atom stereocenters. The minimum absolute atomic E-state index is 0.0590. The second-order valence-electron chi connectivity index (χ2n) is 4.17. The van der Waals surface area contributed by atoms with Gasteiger partial charge < -0.3 is 11.1 Å². The Morgan fingerprint density at radius 2 is 2.05 bits per heavy atom. The van der Waals surface area contributed by atoms with Crippen LogP contribution < -0.4 is 11.1 Å². The number of nitrogens with two attached hydrogens (primary N) is 1. The average Bonchev–Trinajstić information content (AvgIpc) is 2.74. The first-order valence-electron chi connectivity index (χ1n) is 5.78. The third-order valence-corrected chi connectivity index (χ3v) is 3.95. The fourth-order valence-corrected chi connectivity index (χ4v) is 2.67. The first-order chi connectivity index (χ1) is 9.93. The molecule has 8 heteroatoms. The SMILES string of the molecule is Cc1c(C(=O)Nc2ccc([N+](=O)[O-])cc2)sc(N)c1C#N. The number of carbonyl (C=O) groups is 1. The second-order valence-corrected chi connectivity index (χ2v) is 5.22. The normalized spacial score (nSPS) is 9.90. The number of nitrogens with one attached hydrogen (secondary N) is 1. The van der Waals surface area contributed by atoms with Crippen LogP contribution in [0.5, 0.6) is 0 Å². The summed E-state index contributed by atoms with van der Waals surface area (Å²) >= 11 is 1.04. The fourth-order valence-electron chi connectivity index (χ4n) is 1.75. The molecule has 21 heavy (non-hydrogen) atoms. The second kappa shape index (κ2) is 5.60. The Balaban J connectivity index is 2.22. The van der Waals surface area contributed by atoms with Crippen LogP contribution in [0.25, 0.3) is 0 Å². The molecule has 0 fully saturated rings. The largest absolute Gasteiger partial charge is 0.389 e. The van der Waals surface area contributed by atoms with E-state index in [-0.39, 0.29) is 5.69 Å². The quantitative estimate of drug-likeness (QED) is 0.666. The molecule has 0 radical (unpaired) electrons. The van der Waals surface area contributed by atoms with E-state index in [1.54, 1.807) is 6.92 Å². The van der Waals surface area contributed by atoms with Crippen molar-refractivity contribution in [2.45, 2.75) is 6.92 Å². The molecule has 0 saturated heterocycles. The number of nitro groups is 1. The number of non-ortho nitro benzene ring substituents is 1. The molecule has 1 aromatic heterocycles. The minimum atomic E-state index is -0.519. The van der Waals surface area contributed by atoms with E-state index in [4.69, 9.17) is 11.0 Å². The summed E-state index contributed by atoms with van der Waals surface area (Å²) in [5, 5.41) is 22.4. The van der Waals surface area contributed by atoms with Gasteiger partial charge in [0.05, 0.1) is 15.4 Å². The number of thiophene rings is 1. The molecule has 3 N–H and O–H groups in total. The standard InChI is InChI=1S/C13H10N4O3S/c1-7-10(6-14)12(15)21-11(7)13(18)16-8-2-4-9(5-3-8)17(19)20/h2-5H,15H2,1H3,(H,16,18). The van der Waals surface area contributed by atoms with Gasteiger partial charge in [-0.15, -0.1) is 11.3 Å². The van der Waals surface area contributed by atoms with Crippen LogP contribution in [0.2, 0.25) is 0 Å². The van der Waals surface area contributed by atoms with Crippen LogP contribution in [0.1, 0.15) is 20.8 Å². The molecule has 0 saturated carbocycles. The van der Waals surface area contributed by atoms with Gasteiger partial charge in [-0.3, -0.25) is 14.9 Å². The van der Waals surface area contributed by atoms with Crippen molar-refractivity contribution in [1.82, 2.24) is 0 Å². The van der Waals surface area contributed by atoms with Gasteiger partial charge >= 0.3 is 0 Å². The van der Waals surface area contributed by atoms with Crippen molar-refractivity contribution in [3.05, 3.63) is 50.4 Å². The lowest BCUT2D eigenvalue weighted by Crippen LogP contribution is -2.11. The smallest absolute Gasteiger partial charge is 0.269 e. The van der Waals surface area contributed by atoms with Crippen molar-refractivity contribution < 1.29 is 9.72 Å². The van der Waals surface area contributed by atoms with Gasteiger partial charge in [-0.05, 0) is 24.6 Å². The molecule has 2 aromatic rings. The number of anilines is 2. The molecule has 7 nitrogen and oxygen atoms in total. The number of amides is 1. The van der Waals surface area contributed by atoms with Crippen LogP contribution in [0.4, 0.5) is 16.4 Å². The Morgan fingerprint density at radius 1 is 1.43 bits per heavy atom. The highest BCUT2D eigenvalue weighted by Crippen LogP contribution is 2.30. The van der Waals surface area contributed by atoms with E-state index in [2.05, 4.69) is 5.32 Å². The van der Waals surface area contributed by atoms with E-state index in [9.17, 15) is 14.9 Å². The number of nitrogens with zero attached hydrogens (tertiary/aromatic N) is 2. The zero-order chi connectivity index (χ0) is 15.6. The maximum Gasteiger partial charge on any atom is 0.269 e. The highest BCUT2D eigenvalue weighted by molar-refractivity contribution is 7.18. The summed E-state index contributed by atoms with van der Waals surface area (Å²) in [5.74, 6) is -0.403. The number of carbonyl (C=O) groups excluding carboxylic acids is 1. The van der Waals surface area contributed by atoms with Crippen LogP contribution in [0, 0.1) is 28.4 Å². The summed E-state index contributed by atoms with van der Waals surface area (Å²) in [4.78, 5) is 22.5. The molecule has 1 aromatic carbocycles. The summed E-state index contributed by atoms with van der Waals surface area (Å²) in [7, 11) is 0. The Labute approximate surface area is 123 Å². The predicted octanol–water partition coefficient (Wildman–Crippen LogP) is 2.67. The molecule has 0 aliphatic rings. The summed E-state index contributed by atoms with van der Waals surface area (Å²) in [5.41, 5.74) is 6.87. The molecule has 0 aliphatic heterocycles. The zero-order valence-electron chi connectivity index (χ0n) is 10.9. The van der Waals surface area contributed by atoms with E-state index < -0.39 is 10.8 Å². The Hall–Kier alpha value is -2.92. The van der Waals surface area contributed by atoms with Gasteiger partial charge in [0.25, 0.3) is 11.6 Å². The third-order valence-electron chi connectivity index (χ3n) is 2.83. The van der Waals surface area contributed by atoms with Gasteiger partial charge in [0.1, 0.15) is 11.1 Å². The first-order valence-corrected chi connectivity index (χ1v) is 6.60. The van der Waals surface area contributed by atoms with Crippen molar-refractivity contribution in [2.24, 2.45) is 0 Å².